The van der Waals surface area contributed by atoms with E-state index in [1.54, 1.807) is 13.3 Å². The lowest BCUT2D eigenvalue weighted by Crippen LogP contribution is -2.27. The standard InChI is InChI=1S/C3H8N2OS/c1-4-3(6)5-7-2/h1-2H3,(H2,4,5,6). The smallest absolute Gasteiger partial charge is 0.324 e. The van der Waals surface area contributed by atoms with Gasteiger partial charge in [-0.3, -0.25) is 4.72 Å². The van der Waals surface area contributed by atoms with Gasteiger partial charge in [0.2, 0.25) is 0 Å². The first-order valence-electron chi connectivity index (χ1n) is 1.82. The van der Waals surface area contributed by atoms with E-state index >= 15 is 0 Å². The molecule has 0 spiro atoms. The van der Waals surface area contributed by atoms with Crippen LogP contribution in [0.2, 0.25) is 0 Å². The number of hydrogen-bond acceptors (Lipinski definition) is 2. The molecule has 0 fully saturated rings. The van der Waals surface area contributed by atoms with Crippen LogP contribution in [0.3, 0.4) is 0 Å². The molecule has 3 nitrogen and oxygen atoms in total. The van der Waals surface area contributed by atoms with Crippen molar-refractivity contribution in [1.29, 1.82) is 0 Å². The van der Waals surface area contributed by atoms with E-state index in [4.69, 9.17) is 0 Å². The Hall–Kier alpha value is -0.380. The van der Waals surface area contributed by atoms with Crippen LogP contribution in [0, 0.1) is 0 Å². The molecule has 0 saturated carbocycles. The Morgan fingerprint density at radius 3 is 2.43 bits per heavy atom. The average molecular weight is 120 g/mol. The minimum absolute atomic E-state index is 0.160. The van der Waals surface area contributed by atoms with Gasteiger partial charge >= 0.3 is 6.03 Å². The number of amides is 2. The highest BCUT2D eigenvalue weighted by Crippen LogP contribution is 1.78. The topological polar surface area (TPSA) is 41.1 Å². The Bertz CT molecular complexity index is 66.0. The van der Waals surface area contributed by atoms with Crippen molar-refractivity contribution in [3.63, 3.8) is 0 Å². The monoisotopic (exact) mass is 120 g/mol. The first kappa shape index (κ1) is 6.62. The van der Waals surface area contributed by atoms with Gasteiger partial charge in [0.25, 0.3) is 0 Å². The van der Waals surface area contributed by atoms with Crippen molar-refractivity contribution in [3.05, 3.63) is 0 Å². The molecule has 2 amide bonds. The maximum absolute atomic E-state index is 10.2. The highest BCUT2D eigenvalue weighted by Gasteiger charge is 1.87. The number of carbonyl (C=O) groups is 1. The van der Waals surface area contributed by atoms with Crippen LogP contribution in [-0.2, 0) is 0 Å². The Balaban J connectivity index is 3.00. The van der Waals surface area contributed by atoms with Crippen LogP contribution in [0.1, 0.15) is 0 Å². The second kappa shape index (κ2) is 3.80. The molecule has 42 valence electrons. The zero-order valence-corrected chi connectivity index (χ0v) is 5.13. The molecule has 2 N–H and O–H groups in total. The summed E-state index contributed by atoms with van der Waals surface area (Å²) in [7, 11) is 1.57. The SMILES string of the molecule is CNC(=O)NSC. The Labute approximate surface area is 47.0 Å². The van der Waals surface area contributed by atoms with Gasteiger partial charge in [0.15, 0.2) is 0 Å². The second-order valence-corrected chi connectivity index (χ2v) is 1.50. The Kier molecular flexibility index (Phi) is 3.59. The molecule has 0 aromatic carbocycles. The molecule has 0 radical (unpaired) electrons. The highest BCUT2D eigenvalue weighted by atomic mass is 32.2. The second-order valence-electron chi connectivity index (χ2n) is 0.885. The molecule has 0 aliphatic rings. The molecular weight excluding hydrogens is 112 g/mol. The summed E-state index contributed by atoms with van der Waals surface area (Å²) in [4.78, 5) is 10.2. The molecule has 0 saturated heterocycles. The maximum Gasteiger partial charge on any atom is 0.324 e. The average Bonchev–Trinajstić information content (AvgIpc) is 1.68. The van der Waals surface area contributed by atoms with E-state index in [1.807, 2.05) is 0 Å². The normalized spacial score (nSPS) is 7.71. The summed E-state index contributed by atoms with van der Waals surface area (Å²) in [6.45, 7) is 0. The van der Waals surface area contributed by atoms with E-state index in [0.29, 0.717) is 0 Å². The fourth-order valence-corrected chi connectivity index (χ4v) is 0.431. The van der Waals surface area contributed by atoms with E-state index in [2.05, 4.69) is 10.0 Å². The van der Waals surface area contributed by atoms with Crippen molar-refractivity contribution < 1.29 is 4.79 Å². The van der Waals surface area contributed by atoms with Crippen molar-refractivity contribution in [3.8, 4) is 0 Å². The minimum Gasteiger partial charge on any atom is -0.341 e. The van der Waals surface area contributed by atoms with Gasteiger partial charge in [-0.05, 0) is 0 Å². The molecule has 7 heavy (non-hydrogen) atoms. The summed E-state index contributed by atoms with van der Waals surface area (Å²) < 4.78 is 2.46. The van der Waals surface area contributed by atoms with E-state index in [0.717, 1.165) is 0 Å². The first-order valence-corrected chi connectivity index (χ1v) is 3.04. The van der Waals surface area contributed by atoms with E-state index in [1.165, 1.54) is 11.9 Å². The summed E-state index contributed by atoms with van der Waals surface area (Å²) in [6, 6.07) is -0.160. The molecule has 0 heterocycles. The van der Waals surface area contributed by atoms with Gasteiger partial charge < -0.3 is 5.32 Å². The molecule has 0 aliphatic carbocycles. The number of nitrogens with one attached hydrogen (secondary N) is 2. The summed E-state index contributed by atoms with van der Waals surface area (Å²) in [5.41, 5.74) is 0. The van der Waals surface area contributed by atoms with Crippen LogP contribution >= 0.6 is 11.9 Å². The van der Waals surface area contributed by atoms with Crippen LogP contribution in [0.4, 0.5) is 4.79 Å². The van der Waals surface area contributed by atoms with Gasteiger partial charge in [0, 0.05) is 13.3 Å². The zero-order valence-electron chi connectivity index (χ0n) is 4.32. The predicted octanol–water partition coefficient (Wildman–Crippen LogP) is 0.193. The number of carbonyl (C=O) groups excluding carboxylic acids is 1. The van der Waals surface area contributed by atoms with Crippen molar-refractivity contribution in [1.82, 2.24) is 10.0 Å². The molecule has 4 heteroatoms. The molecule has 0 unspecified atom stereocenters. The maximum atomic E-state index is 10.2. The van der Waals surface area contributed by atoms with Gasteiger partial charge in [-0.1, -0.05) is 11.9 Å². The van der Waals surface area contributed by atoms with Crippen molar-refractivity contribution in [2.75, 3.05) is 13.3 Å². The molecule has 0 bridgehead atoms. The lowest BCUT2D eigenvalue weighted by molar-refractivity contribution is 0.248. The predicted molar refractivity (Wildman–Crippen MR) is 31.1 cm³/mol. The van der Waals surface area contributed by atoms with Gasteiger partial charge in [0.05, 0.1) is 0 Å². The summed E-state index contributed by atoms with van der Waals surface area (Å²) in [5, 5.41) is 2.40. The minimum atomic E-state index is -0.160. The molecular formula is C3H8N2OS. The third-order valence-corrected chi connectivity index (χ3v) is 0.811. The van der Waals surface area contributed by atoms with Crippen molar-refractivity contribution >= 4 is 18.0 Å². The fourth-order valence-electron chi connectivity index (χ4n) is 0.144. The van der Waals surface area contributed by atoms with Crippen LogP contribution < -0.4 is 10.0 Å². The largest absolute Gasteiger partial charge is 0.341 e. The molecule has 0 aromatic heterocycles. The van der Waals surface area contributed by atoms with Gasteiger partial charge in [0.1, 0.15) is 0 Å². The quantitative estimate of drug-likeness (QED) is 0.485. The van der Waals surface area contributed by atoms with E-state index < -0.39 is 0 Å². The summed E-state index contributed by atoms with van der Waals surface area (Å²) >= 11 is 1.27. The van der Waals surface area contributed by atoms with Crippen LogP contribution in [-0.4, -0.2) is 19.3 Å². The number of rotatable bonds is 1. The van der Waals surface area contributed by atoms with Crippen LogP contribution in [0.15, 0.2) is 0 Å². The number of hydrogen-bond donors (Lipinski definition) is 2. The van der Waals surface area contributed by atoms with Crippen molar-refractivity contribution in [2.45, 2.75) is 0 Å². The van der Waals surface area contributed by atoms with Gasteiger partial charge in [-0.15, -0.1) is 0 Å². The lowest BCUT2D eigenvalue weighted by atomic mass is 11.0. The third-order valence-electron chi connectivity index (χ3n) is 0.422. The Morgan fingerprint density at radius 1 is 1.71 bits per heavy atom. The van der Waals surface area contributed by atoms with E-state index in [-0.39, 0.29) is 6.03 Å². The third kappa shape index (κ3) is 3.45. The van der Waals surface area contributed by atoms with Gasteiger partial charge in [-0.25, -0.2) is 4.79 Å². The highest BCUT2D eigenvalue weighted by molar-refractivity contribution is 7.97. The first-order chi connectivity index (χ1) is 3.31. The van der Waals surface area contributed by atoms with Crippen LogP contribution in [0.5, 0.6) is 0 Å². The van der Waals surface area contributed by atoms with Crippen LogP contribution in [0.25, 0.3) is 0 Å². The Morgan fingerprint density at radius 2 is 2.29 bits per heavy atom. The fraction of sp³-hybridized carbons (Fsp3) is 0.667. The number of urea groups is 1. The molecule has 0 atom stereocenters. The summed E-state index contributed by atoms with van der Waals surface area (Å²) in [5.74, 6) is 0. The van der Waals surface area contributed by atoms with E-state index in [9.17, 15) is 4.79 Å². The molecule has 0 aromatic rings. The summed E-state index contributed by atoms with van der Waals surface area (Å²) in [6.07, 6.45) is 1.79. The molecule has 0 aliphatic heterocycles. The molecule has 0 rings (SSSR count). The van der Waals surface area contributed by atoms with Gasteiger partial charge in [-0.2, -0.15) is 0 Å². The lowest BCUT2D eigenvalue weighted by Gasteiger charge is -1.95. The van der Waals surface area contributed by atoms with Crippen molar-refractivity contribution in [2.24, 2.45) is 0 Å². The zero-order chi connectivity index (χ0) is 5.70.